The molecule has 3 rings (SSSR count). The Kier molecular flexibility index (Phi) is 5.66. The van der Waals surface area contributed by atoms with Crippen molar-refractivity contribution in [3.05, 3.63) is 69.0 Å². The van der Waals surface area contributed by atoms with Gasteiger partial charge >= 0.3 is 5.97 Å². The van der Waals surface area contributed by atoms with Crippen molar-refractivity contribution in [1.29, 1.82) is 5.26 Å². The SMILES string of the molecule is CCOC(=O)C1=C(C)OC(N)=C(C#N)[C@H]1c1c(C)nn(-c2ccc(C)cc2)c1Cl. The lowest BCUT2D eigenvalue weighted by Gasteiger charge is -2.26. The minimum atomic E-state index is -0.834. The number of carbonyl (C=O) groups is 1. The molecule has 0 spiro atoms. The Hall–Kier alpha value is -3.24. The minimum Gasteiger partial charge on any atom is -0.463 e. The molecule has 1 aromatic carbocycles. The molecule has 29 heavy (non-hydrogen) atoms. The fourth-order valence-corrected chi connectivity index (χ4v) is 3.72. The number of nitriles is 1. The van der Waals surface area contributed by atoms with E-state index in [1.165, 1.54) is 0 Å². The average Bonchev–Trinajstić information content (AvgIpc) is 2.96. The topological polar surface area (TPSA) is 103 Å². The van der Waals surface area contributed by atoms with Gasteiger partial charge in [0.05, 0.1) is 29.5 Å². The van der Waals surface area contributed by atoms with Crippen LogP contribution in [0.1, 0.15) is 36.6 Å². The van der Waals surface area contributed by atoms with Crippen LogP contribution in [0.3, 0.4) is 0 Å². The number of hydrogen-bond acceptors (Lipinski definition) is 6. The first-order valence-electron chi connectivity index (χ1n) is 9.07. The fourth-order valence-electron chi connectivity index (χ4n) is 3.34. The van der Waals surface area contributed by atoms with E-state index in [0.29, 0.717) is 11.3 Å². The molecule has 0 amide bonds. The van der Waals surface area contributed by atoms with Crippen LogP contribution in [0.4, 0.5) is 0 Å². The summed E-state index contributed by atoms with van der Waals surface area (Å²) in [5.41, 5.74) is 9.17. The summed E-state index contributed by atoms with van der Waals surface area (Å²) in [6, 6.07) is 9.73. The van der Waals surface area contributed by atoms with E-state index in [1.54, 1.807) is 25.5 Å². The van der Waals surface area contributed by atoms with Crippen molar-refractivity contribution in [3.8, 4) is 11.8 Å². The van der Waals surface area contributed by atoms with Gasteiger partial charge in [0.1, 0.15) is 22.6 Å². The van der Waals surface area contributed by atoms with Crippen LogP contribution in [0.2, 0.25) is 5.15 Å². The third kappa shape index (κ3) is 3.59. The highest BCUT2D eigenvalue weighted by Gasteiger charge is 2.39. The van der Waals surface area contributed by atoms with Gasteiger partial charge < -0.3 is 15.2 Å². The largest absolute Gasteiger partial charge is 0.463 e. The lowest BCUT2D eigenvalue weighted by molar-refractivity contribution is -0.139. The lowest BCUT2D eigenvalue weighted by Crippen LogP contribution is -2.26. The lowest BCUT2D eigenvalue weighted by atomic mass is 9.83. The van der Waals surface area contributed by atoms with Crippen LogP contribution < -0.4 is 5.73 Å². The Bertz CT molecular complexity index is 1070. The molecule has 7 nitrogen and oxygen atoms in total. The minimum absolute atomic E-state index is 0.0680. The van der Waals surface area contributed by atoms with E-state index in [2.05, 4.69) is 11.2 Å². The van der Waals surface area contributed by atoms with Gasteiger partial charge in [-0.15, -0.1) is 0 Å². The summed E-state index contributed by atoms with van der Waals surface area (Å²) in [5.74, 6) is -1.22. The van der Waals surface area contributed by atoms with Crippen molar-refractivity contribution in [2.45, 2.75) is 33.6 Å². The summed E-state index contributed by atoms with van der Waals surface area (Å²) in [7, 11) is 0. The average molecular weight is 413 g/mol. The second-order valence-electron chi connectivity index (χ2n) is 6.65. The van der Waals surface area contributed by atoms with Crippen molar-refractivity contribution < 1.29 is 14.3 Å². The molecule has 0 saturated heterocycles. The number of hydrogen-bond donors (Lipinski definition) is 1. The van der Waals surface area contributed by atoms with Gasteiger partial charge in [-0.1, -0.05) is 29.3 Å². The number of ether oxygens (including phenoxy) is 2. The third-order valence-electron chi connectivity index (χ3n) is 4.72. The molecular weight excluding hydrogens is 392 g/mol. The molecule has 0 bridgehead atoms. The summed E-state index contributed by atoms with van der Waals surface area (Å²) in [5, 5.41) is 14.6. The first-order valence-corrected chi connectivity index (χ1v) is 9.45. The van der Waals surface area contributed by atoms with E-state index in [4.69, 9.17) is 26.8 Å². The smallest absolute Gasteiger partial charge is 0.338 e. The van der Waals surface area contributed by atoms with Crippen LogP contribution >= 0.6 is 11.6 Å². The first-order chi connectivity index (χ1) is 13.8. The van der Waals surface area contributed by atoms with Gasteiger partial charge in [-0.05, 0) is 39.8 Å². The molecule has 0 unspecified atom stereocenters. The van der Waals surface area contributed by atoms with Crippen LogP contribution in [0, 0.1) is 25.2 Å². The van der Waals surface area contributed by atoms with E-state index in [1.807, 2.05) is 31.2 Å². The Balaban J connectivity index is 2.22. The summed E-state index contributed by atoms with van der Waals surface area (Å²) in [6.45, 7) is 7.24. The molecule has 0 aliphatic carbocycles. The fraction of sp³-hybridized carbons (Fsp3) is 0.286. The summed E-state index contributed by atoms with van der Waals surface area (Å²) >= 11 is 6.71. The molecule has 1 aliphatic heterocycles. The predicted molar refractivity (Wildman–Crippen MR) is 108 cm³/mol. The molecule has 2 aromatic rings. The Morgan fingerprint density at radius 2 is 2.00 bits per heavy atom. The normalized spacial score (nSPS) is 16.5. The summed E-state index contributed by atoms with van der Waals surface area (Å²) in [4.78, 5) is 12.7. The molecular formula is C21H21ClN4O3. The van der Waals surface area contributed by atoms with E-state index in [0.717, 1.165) is 11.3 Å². The maximum absolute atomic E-state index is 12.7. The molecule has 0 radical (unpaired) electrons. The van der Waals surface area contributed by atoms with Gasteiger partial charge in [-0.25, -0.2) is 9.48 Å². The van der Waals surface area contributed by atoms with Gasteiger partial charge in [0, 0.05) is 5.56 Å². The number of rotatable bonds is 4. The predicted octanol–water partition coefficient (Wildman–Crippen LogP) is 3.79. The molecule has 1 atom stereocenters. The molecule has 1 aliphatic rings. The second-order valence-corrected chi connectivity index (χ2v) is 7.01. The van der Waals surface area contributed by atoms with Gasteiger partial charge in [0.2, 0.25) is 5.88 Å². The summed E-state index contributed by atoms with van der Waals surface area (Å²) < 4.78 is 12.2. The van der Waals surface area contributed by atoms with Gasteiger partial charge in [-0.3, -0.25) is 0 Å². The van der Waals surface area contributed by atoms with E-state index in [-0.39, 0.29) is 34.5 Å². The maximum Gasteiger partial charge on any atom is 0.338 e. The highest BCUT2D eigenvalue weighted by atomic mass is 35.5. The number of aryl methyl sites for hydroxylation is 2. The number of benzene rings is 1. The molecule has 1 aromatic heterocycles. The Morgan fingerprint density at radius 1 is 1.34 bits per heavy atom. The van der Waals surface area contributed by atoms with Gasteiger partial charge in [0.15, 0.2) is 0 Å². The highest BCUT2D eigenvalue weighted by molar-refractivity contribution is 6.31. The second kappa shape index (κ2) is 8.02. The molecule has 0 saturated carbocycles. The van der Waals surface area contributed by atoms with Gasteiger partial charge in [-0.2, -0.15) is 10.4 Å². The van der Waals surface area contributed by atoms with Crippen LogP contribution in [0.5, 0.6) is 0 Å². The summed E-state index contributed by atoms with van der Waals surface area (Å²) in [6.07, 6.45) is 0. The zero-order chi connectivity index (χ0) is 21.3. The van der Waals surface area contributed by atoms with E-state index < -0.39 is 11.9 Å². The molecule has 2 N–H and O–H groups in total. The highest BCUT2D eigenvalue weighted by Crippen LogP contribution is 2.43. The van der Waals surface area contributed by atoms with E-state index in [9.17, 15) is 10.1 Å². The van der Waals surface area contributed by atoms with Crippen molar-refractivity contribution in [2.75, 3.05) is 6.61 Å². The Morgan fingerprint density at radius 3 is 2.59 bits per heavy atom. The molecule has 150 valence electrons. The van der Waals surface area contributed by atoms with E-state index >= 15 is 0 Å². The van der Waals surface area contributed by atoms with Crippen molar-refractivity contribution in [1.82, 2.24) is 9.78 Å². The molecule has 2 heterocycles. The number of halogens is 1. The van der Waals surface area contributed by atoms with Gasteiger partial charge in [0.25, 0.3) is 0 Å². The number of allylic oxidation sites excluding steroid dienone is 2. The van der Waals surface area contributed by atoms with Crippen LogP contribution in [0.25, 0.3) is 5.69 Å². The monoisotopic (exact) mass is 412 g/mol. The number of carbonyl (C=O) groups excluding carboxylic acids is 1. The standard InChI is InChI=1S/C21H21ClN4O3/c1-5-28-21(27)17-13(4)29-20(24)15(10-23)18(17)16-12(3)25-26(19(16)22)14-8-6-11(2)7-9-14/h6-9,18H,5,24H2,1-4H3/t18-/m0/s1. The maximum atomic E-state index is 12.7. The zero-order valence-corrected chi connectivity index (χ0v) is 17.4. The van der Waals surface area contributed by atoms with Crippen molar-refractivity contribution in [3.63, 3.8) is 0 Å². The first kappa shape index (κ1) is 20.5. The quantitative estimate of drug-likeness (QED) is 0.766. The number of aromatic nitrogens is 2. The molecule has 8 heteroatoms. The zero-order valence-electron chi connectivity index (χ0n) is 16.6. The van der Waals surface area contributed by atoms with Crippen LogP contribution in [0.15, 0.2) is 47.1 Å². The van der Waals surface area contributed by atoms with Crippen LogP contribution in [-0.2, 0) is 14.3 Å². The number of esters is 1. The third-order valence-corrected chi connectivity index (χ3v) is 5.08. The number of nitrogens with two attached hydrogens (primary N) is 1. The number of nitrogens with zero attached hydrogens (tertiary/aromatic N) is 3. The van der Waals surface area contributed by atoms with Crippen molar-refractivity contribution >= 4 is 17.6 Å². The van der Waals surface area contributed by atoms with Crippen LogP contribution in [-0.4, -0.2) is 22.4 Å². The van der Waals surface area contributed by atoms with Crippen molar-refractivity contribution in [2.24, 2.45) is 5.73 Å². The molecule has 0 fully saturated rings. The Labute approximate surface area is 174 Å².